The fraction of sp³-hybridized carbons (Fsp3) is 0.300. The first kappa shape index (κ1) is 17.5. The molecule has 0 radical (unpaired) electrons. The van der Waals surface area contributed by atoms with Gasteiger partial charge < -0.3 is 10.2 Å². The molecule has 1 atom stereocenters. The van der Waals surface area contributed by atoms with Crippen LogP contribution in [0.1, 0.15) is 17.5 Å². The molecule has 1 saturated heterocycles. The van der Waals surface area contributed by atoms with E-state index in [1.165, 1.54) is 0 Å². The molecule has 3 rings (SSSR count). The zero-order valence-electron chi connectivity index (χ0n) is 14.7. The predicted octanol–water partition coefficient (Wildman–Crippen LogP) is 4.02. The molecule has 0 aromatic heterocycles. The molecular weight excluding hydrogens is 332 g/mol. The molecule has 5 heteroatoms. The fourth-order valence-corrected chi connectivity index (χ4v) is 3.47. The van der Waals surface area contributed by atoms with E-state index in [-0.39, 0.29) is 24.2 Å². The molecular formula is C20H22N2O2S. The van der Waals surface area contributed by atoms with Crippen molar-refractivity contribution in [3.05, 3.63) is 53.6 Å². The van der Waals surface area contributed by atoms with Crippen molar-refractivity contribution in [2.75, 3.05) is 23.0 Å². The molecule has 1 aliphatic heterocycles. The first-order chi connectivity index (χ1) is 12.0. The summed E-state index contributed by atoms with van der Waals surface area (Å²) >= 11 is 1.66. The predicted molar refractivity (Wildman–Crippen MR) is 103 cm³/mol. The normalized spacial score (nSPS) is 17.0. The second kappa shape index (κ2) is 7.31. The number of hydrogen-bond donors (Lipinski definition) is 1. The van der Waals surface area contributed by atoms with Gasteiger partial charge in [-0.15, -0.1) is 11.8 Å². The largest absolute Gasteiger partial charge is 0.326 e. The van der Waals surface area contributed by atoms with Crippen LogP contribution in [-0.4, -0.2) is 24.6 Å². The van der Waals surface area contributed by atoms with Gasteiger partial charge in [0.05, 0.1) is 5.92 Å². The van der Waals surface area contributed by atoms with Gasteiger partial charge in [0.1, 0.15) is 0 Å². The van der Waals surface area contributed by atoms with E-state index in [9.17, 15) is 9.59 Å². The third-order valence-corrected chi connectivity index (χ3v) is 5.46. The molecule has 2 aromatic rings. The van der Waals surface area contributed by atoms with E-state index in [1.54, 1.807) is 16.7 Å². The SMILES string of the molecule is CSc1ccc(NC(=O)[C@@H]2CC(=O)N(c3cccc(C)c3C)C2)cc1. The summed E-state index contributed by atoms with van der Waals surface area (Å²) in [6.45, 7) is 4.47. The highest BCUT2D eigenvalue weighted by molar-refractivity contribution is 7.98. The van der Waals surface area contributed by atoms with E-state index < -0.39 is 0 Å². The number of aryl methyl sites for hydroxylation is 1. The second-order valence-electron chi connectivity index (χ2n) is 6.34. The summed E-state index contributed by atoms with van der Waals surface area (Å²) in [5, 5.41) is 2.93. The highest BCUT2D eigenvalue weighted by Crippen LogP contribution is 2.30. The zero-order chi connectivity index (χ0) is 18.0. The Balaban J connectivity index is 1.71. The molecule has 1 aliphatic rings. The zero-order valence-corrected chi connectivity index (χ0v) is 15.5. The summed E-state index contributed by atoms with van der Waals surface area (Å²) in [6.07, 6.45) is 2.27. The Kier molecular flexibility index (Phi) is 5.13. The van der Waals surface area contributed by atoms with Crippen molar-refractivity contribution in [1.29, 1.82) is 0 Å². The topological polar surface area (TPSA) is 49.4 Å². The smallest absolute Gasteiger partial charge is 0.229 e. The number of carbonyl (C=O) groups excluding carboxylic acids is 2. The molecule has 0 saturated carbocycles. The maximum atomic E-state index is 12.5. The number of nitrogens with one attached hydrogen (secondary N) is 1. The van der Waals surface area contributed by atoms with Gasteiger partial charge >= 0.3 is 0 Å². The van der Waals surface area contributed by atoms with E-state index in [0.717, 1.165) is 27.4 Å². The summed E-state index contributed by atoms with van der Waals surface area (Å²) in [5.41, 5.74) is 3.90. The first-order valence-electron chi connectivity index (χ1n) is 8.31. The van der Waals surface area contributed by atoms with Gasteiger partial charge in [-0.1, -0.05) is 12.1 Å². The standard InChI is InChI=1S/C20H22N2O2S/c1-13-5-4-6-18(14(13)2)22-12-15(11-19(22)23)20(24)21-16-7-9-17(25-3)10-8-16/h4-10,15H,11-12H2,1-3H3,(H,21,24)/t15-/m1/s1. The van der Waals surface area contributed by atoms with Gasteiger partial charge in [-0.05, 0) is 61.6 Å². The van der Waals surface area contributed by atoms with Crippen molar-refractivity contribution in [1.82, 2.24) is 0 Å². The van der Waals surface area contributed by atoms with Crippen LogP contribution < -0.4 is 10.2 Å². The van der Waals surface area contributed by atoms with E-state index >= 15 is 0 Å². The highest BCUT2D eigenvalue weighted by atomic mass is 32.2. The third-order valence-electron chi connectivity index (χ3n) is 4.72. The Morgan fingerprint density at radius 2 is 1.88 bits per heavy atom. The lowest BCUT2D eigenvalue weighted by atomic mass is 10.1. The van der Waals surface area contributed by atoms with E-state index in [0.29, 0.717) is 6.54 Å². The number of amides is 2. The average molecular weight is 354 g/mol. The maximum absolute atomic E-state index is 12.5. The molecule has 2 amide bonds. The van der Waals surface area contributed by atoms with Crippen LogP contribution in [-0.2, 0) is 9.59 Å². The number of thioether (sulfide) groups is 1. The van der Waals surface area contributed by atoms with Gasteiger partial charge in [0.25, 0.3) is 0 Å². The van der Waals surface area contributed by atoms with Crippen molar-refractivity contribution in [2.45, 2.75) is 25.2 Å². The quantitative estimate of drug-likeness (QED) is 0.844. The lowest BCUT2D eigenvalue weighted by Crippen LogP contribution is -2.28. The third kappa shape index (κ3) is 3.71. The van der Waals surface area contributed by atoms with Crippen LogP contribution in [0.25, 0.3) is 0 Å². The summed E-state index contributed by atoms with van der Waals surface area (Å²) in [5.74, 6) is -0.419. The van der Waals surface area contributed by atoms with Crippen molar-refractivity contribution < 1.29 is 9.59 Å². The second-order valence-corrected chi connectivity index (χ2v) is 7.22. The summed E-state index contributed by atoms with van der Waals surface area (Å²) in [7, 11) is 0. The monoisotopic (exact) mass is 354 g/mol. The molecule has 0 aliphatic carbocycles. The van der Waals surface area contributed by atoms with Crippen LogP contribution >= 0.6 is 11.8 Å². The molecule has 1 fully saturated rings. The minimum Gasteiger partial charge on any atom is -0.326 e. The van der Waals surface area contributed by atoms with Gasteiger partial charge in [0.2, 0.25) is 11.8 Å². The number of nitrogens with zero attached hydrogens (tertiary/aromatic N) is 1. The Morgan fingerprint density at radius 3 is 2.56 bits per heavy atom. The molecule has 25 heavy (non-hydrogen) atoms. The number of carbonyl (C=O) groups is 2. The number of benzene rings is 2. The molecule has 0 unspecified atom stereocenters. The Hall–Kier alpha value is -2.27. The first-order valence-corrected chi connectivity index (χ1v) is 9.53. The Labute approximate surface area is 152 Å². The van der Waals surface area contributed by atoms with Gasteiger partial charge in [-0.3, -0.25) is 9.59 Å². The van der Waals surface area contributed by atoms with Gasteiger partial charge in [-0.2, -0.15) is 0 Å². The fourth-order valence-electron chi connectivity index (χ4n) is 3.06. The van der Waals surface area contributed by atoms with Crippen LogP contribution in [0.4, 0.5) is 11.4 Å². The van der Waals surface area contributed by atoms with Crippen LogP contribution in [0.15, 0.2) is 47.4 Å². The highest BCUT2D eigenvalue weighted by Gasteiger charge is 2.35. The van der Waals surface area contributed by atoms with Crippen LogP contribution in [0.2, 0.25) is 0 Å². The number of anilines is 2. The van der Waals surface area contributed by atoms with Crippen molar-refractivity contribution in [2.24, 2.45) is 5.92 Å². The molecule has 1 heterocycles. The molecule has 2 aromatic carbocycles. The van der Waals surface area contributed by atoms with E-state index in [2.05, 4.69) is 5.32 Å². The van der Waals surface area contributed by atoms with Crippen LogP contribution in [0, 0.1) is 19.8 Å². The van der Waals surface area contributed by atoms with Crippen molar-refractivity contribution in [3.8, 4) is 0 Å². The average Bonchev–Trinajstić information content (AvgIpc) is 3.00. The molecule has 4 nitrogen and oxygen atoms in total. The van der Waals surface area contributed by atoms with E-state index in [1.807, 2.05) is 62.6 Å². The number of hydrogen-bond acceptors (Lipinski definition) is 3. The maximum Gasteiger partial charge on any atom is 0.229 e. The van der Waals surface area contributed by atoms with Crippen molar-refractivity contribution >= 4 is 35.0 Å². The Morgan fingerprint density at radius 1 is 1.16 bits per heavy atom. The van der Waals surface area contributed by atoms with Gasteiger partial charge in [0.15, 0.2) is 0 Å². The van der Waals surface area contributed by atoms with Gasteiger partial charge in [-0.25, -0.2) is 0 Å². The lowest BCUT2D eigenvalue weighted by Gasteiger charge is -2.20. The summed E-state index contributed by atoms with van der Waals surface area (Å²) in [4.78, 5) is 27.9. The summed E-state index contributed by atoms with van der Waals surface area (Å²) in [6, 6.07) is 13.7. The Bertz CT molecular complexity index is 802. The molecule has 130 valence electrons. The van der Waals surface area contributed by atoms with Gasteiger partial charge in [0, 0.05) is 29.2 Å². The minimum absolute atomic E-state index is 0.00609. The minimum atomic E-state index is -0.326. The molecule has 0 spiro atoms. The lowest BCUT2D eigenvalue weighted by molar-refractivity contribution is -0.122. The van der Waals surface area contributed by atoms with E-state index in [4.69, 9.17) is 0 Å². The van der Waals surface area contributed by atoms with Crippen molar-refractivity contribution in [3.63, 3.8) is 0 Å². The van der Waals surface area contributed by atoms with Crippen LogP contribution in [0.5, 0.6) is 0 Å². The molecule has 0 bridgehead atoms. The molecule has 1 N–H and O–H groups in total. The van der Waals surface area contributed by atoms with Crippen LogP contribution in [0.3, 0.4) is 0 Å². The number of rotatable bonds is 4. The summed E-state index contributed by atoms with van der Waals surface area (Å²) < 4.78 is 0.